The van der Waals surface area contributed by atoms with Crippen molar-refractivity contribution in [2.75, 3.05) is 12.0 Å². The zero-order chi connectivity index (χ0) is 17.8. The molecule has 1 heterocycles. The Labute approximate surface area is 154 Å². The molecule has 0 fully saturated rings. The number of thiazole rings is 1. The Morgan fingerprint density at radius 1 is 1.28 bits per heavy atom. The Bertz CT molecular complexity index is 975. The molecule has 130 valence electrons. The summed E-state index contributed by atoms with van der Waals surface area (Å²) in [5.41, 5.74) is 2.32. The molecule has 1 aromatic heterocycles. The van der Waals surface area contributed by atoms with Crippen molar-refractivity contribution in [2.45, 2.75) is 19.9 Å². The molecule has 3 aromatic rings. The maximum Gasteiger partial charge on any atom is 0.282 e. The van der Waals surface area contributed by atoms with Gasteiger partial charge in [-0.05, 0) is 42.5 Å². The molecule has 0 unspecified atom stereocenters. The molecular formula is C19H19FN2OS2. The first-order valence-corrected chi connectivity index (χ1v) is 10.3. The fraction of sp³-hybridized carbons (Fsp3) is 0.263. The van der Waals surface area contributed by atoms with E-state index in [1.165, 1.54) is 29.0 Å². The molecule has 0 aliphatic rings. The average Bonchev–Trinajstić information content (AvgIpc) is 2.96. The van der Waals surface area contributed by atoms with Gasteiger partial charge < -0.3 is 4.57 Å². The molecule has 0 saturated heterocycles. The maximum atomic E-state index is 13.9. The number of carbonyl (C=O) groups is 1. The normalized spacial score (nSPS) is 12.0. The molecule has 0 spiro atoms. The molecule has 2 aromatic carbocycles. The first-order valence-electron chi connectivity index (χ1n) is 8.08. The fourth-order valence-corrected chi connectivity index (χ4v) is 4.09. The van der Waals surface area contributed by atoms with Gasteiger partial charge in [0.25, 0.3) is 5.91 Å². The van der Waals surface area contributed by atoms with E-state index in [1.807, 2.05) is 6.26 Å². The largest absolute Gasteiger partial charge is 0.316 e. The Morgan fingerprint density at radius 3 is 2.80 bits per heavy atom. The Hall–Kier alpha value is -1.92. The number of hydrogen-bond acceptors (Lipinski definition) is 3. The summed E-state index contributed by atoms with van der Waals surface area (Å²) in [6, 6.07) is 12.3. The Morgan fingerprint density at radius 2 is 2.08 bits per heavy atom. The summed E-state index contributed by atoms with van der Waals surface area (Å²) >= 11 is 3.22. The van der Waals surface area contributed by atoms with Crippen LogP contribution in [0.1, 0.15) is 22.8 Å². The number of carbonyl (C=O) groups excluding carboxylic acids is 1. The third-order valence-corrected chi connectivity index (χ3v) is 5.61. The smallest absolute Gasteiger partial charge is 0.282 e. The molecule has 1 amide bonds. The van der Waals surface area contributed by atoms with E-state index in [4.69, 9.17) is 0 Å². The number of nitrogens with zero attached hydrogens (tertiary/aromatic N) is 2. The SMILES string of the molecule is CCc1ccc2c(c1)sc(=NC(=O)c1ccccc1F)n2CCSC. The van der Waals surface area contributed by atoms with Gasteiger partial charge in [-0.2, -0.15) is 16.8 Å². The standard InChI is InChI=1S/C19H19FN2OS2/c1-3-13-8-9-16-17(12-13)25-19(22(16)10-11-24-2)21-18(23)14-6-4-5-7-15(14)20/h4-9,12H,3,10-11H2,1-2H3. The molecule has 6 heteroatoms. The number of thioether (sulfide) groups is 1. The highest BCUT2D eigenvalue weighted by Crippen LogP contribution is 2.20. The number of hydrogen-bond donors (Lipinski definition) is 0. The van der Waals surface area contributed by atoms with Gasteiger partial charge in [-0.15, -0.1) is 0 Å². The van der Waals surface area contributed by atoms with Gasteiger partial charge in [-0.1, -0.05) is 36.5 Å². The third kappa shape index (κ3) is 3.85. The van der Waals surface area contributed by atoms with Crippen LogP contribution in [0.5, 0.6) is 0 Å². The summed E-state index contributed by atoms with van der Waals surface area (Å²) in [4.78, 5) is 17.3. The Balaban J connectivity index is 2.13. The molecule has 0 aliphatic heterocycles. The predicted octanol–water partition coefficient (Wildman–Crippen LogP) is 4.51. The van der Waals surface area contributed by atoms with Crippen LogP contribution in [0.15, 0.2) is 47.5 Å². The summed E-state index contributed by atoms with van der Waals surface area (Å²) in [5.74, 6) is -0.165. The second-order valence-electron chi connectivity index (χ2n) is 5.58. The molecule has 3 nitrogen and oxygen atoms in total. The van der Waals surface area contributed by atoms with Crippen LogP contribution in [0.25, 0.3) is 10.2 Å². The molecule has 0 radical (unpaired) electrons. The number of aromatic nitrogens is 1. The lowest BCUT2D eigenvalue weighted by molar-refractivity contribution is 0.0994. The molecule has 0 aliphatic carbocycles. The molecule has 0 saturated carbocycles. The number of aryl methyl sites for hydroxylation is 2. The van der Waals surface area contributed by atoms with Crippen LogP contribution in [0.4, 0.5) is 4.39 Å². The zero-order valence-corrected chi connectivity index (χ0v) is 15.8. The fourth-order valence-electron chi connectivity index (χ4n) is 2.60. The van der Waals surface area contributed by atoms with Crippen LogP contribution in [0.2, 0.25) is 0 Å². The summed E-state index contributed by atoms with van der Waals surface area (Å²) in [6.45, 7) is 2.87. The van der Waals surface area contributed by atoms with Crippen LogP contribution in [0, 0.1) is 5.82 Å². The predicted molar refractivity (Wildman–Crippen MR) is 104 cm³/mol. The minimum atomic E-state index is -0.543. The minimum Gasteiger partial charge on any atom is -0.316 e. The van der Waals surface area contributed by atoms with E-state index in [0.29, 0.717) is 4.80 Å². The van der Waals surface area contributed by atoms with E-state index in [1.54, 1.807) is 23.9 Å². The maximum absolute atomic E-state index is 13.9. The lowest BCUT2D eigenvalue weighted by Crippen LogP contribution is -2.18. The van der Waals surface area contributed by atoms with E-state index in [-0.39, 0.29) is 5.56 Å². The van der Waals surface area contributed by atoms with Crippen molar-refractivity contribution in [1.82, 2.24) is 4.57 Å². The summed E-state index contributed by atoms with van der Waals surface area (Å²) in [7, 11) is 0. The van der Waals surface area contributed by atoms with E-state index in [2.05, 4.69) is 34.7 Å². The molecule has 0 N–H and O–H groups in total. The van der Waals surface area contributed by atoms with Crippen LogP contribution < -0.4 is 4.80 Å². The van der Waals surface area contributed by atoms with Crippen LogP contribution in [-0.2, 0) is 13.0 Å². The lowest BCUT2D eigenvalue weighted by Gasteiger charge is -2.04. The molecule has 0 bridgehead atoms. The van der Waals surface area contributed by atoms with Gasteiger partial charge in [0.15, 0.2) is 4.80 Å². The van der Waals surface area contributed by atoms with Gasteiger partial charge in [-0.25, -0.2) is 4.39 Å². The van der Waals surface area contributed by atoms with Gasteiger partial charge in [0.1, 0.15) is 5.82 Å². The highest BCUT2D eigenvalue weighted by atomic mass is 32.2. The summed E-state index contributed by atoms with van der Waals surface area (Å²) in [5, 5.41) is 0. The molecule has 3 rings (SSSR count). The number of halogens is 1. The Kier molecular flexibility index (Phi) is 5.71. The third-order valence-electron chi connectivity index (χ3n) is 3.98. The minimum absolute atomic E-state index is 0.00520. The summed E-state index contributed by atoms with van der Waals surface area (Å²) in [6.07, 6.45) is 3.00. The number of benzene rings is 2. The second-order valence-corrected chi connectivity index (χ2v) is 7.58. The topological polar surface area (TPSA) is 34.4 Å². The van der Waals surface area contributed by atoms with E-state index in [9.17, 15) is 9.18 Å². The highest BCUT2D eigenvalue weighted by Gasteiger charge is 2.12. The van der Waals surface area contributed by atoms with Crippen molar-refractivity contribution in [3.63, 3.8) is 0 Å². The molecule has 25 heavy (non-hydrogen) atoms. The first kappa shape index (κ1) is 17.9. The van der Waals surface area contributed by atoms with Crippen molar-refractivity contribution in [3.8, 4) is 0 Å². The highest BCUT2D eigenvalue weighted by molar-refractivity contribution is 7.98. The zero-order valence-electron chi connectivity index (χ0n) is 14.2. The van der Waals surface area contributed by atoms with Gasteiger partial charge >= 0.3 is 0 Å². The quantitative estimate of drug-likeness (QED) is 0.659. The van der Waals surface area contributed by atoms with Gasteiger partial charge in [0.05, 0.1) is 15.8 Å². The van der Waals surface area contributed by atoms with E-state index >= 15 is 0 Å². The van der Waals surface area contributed by atoms with Crippen LogP contribution >= 0.6 is 23.1 Å². The van der Waals surface area contributed by atoms with Crippen molar-refractivity contribution in [1.29, 1.82) is 0 Å². The van der Waals surface area contributed by atoms with Crippen LogP contribution in [0.3, 0.4) is 0 Å². The van der Waals surface area contributed by atoms with Crippen molar-refractivity contribution >= 4 is 39.2 Å². The van der Waals surface area contributed by atoms with Gasteiger partial charge in [0.2, 0.25) is 0 Å². The number of amides is 1. The number of fused-ring (bicyclic) bond motifs is 1. The van der Waals surface area contributed by atoms with Gasteiger partial charge in [-0.3, -0.25) is 4.79 Å². The van der Waals surface area contributed by atoms with Crippen molar-refractivity contribution in [3.05, 3.63) is 64.2 Å². The molecular weight excluding hydrogens is 355 g/mol. The summed E-state index contributed by atoms with van der Waals surface area (Å²) < 4.78 is 17.0. The van der Waals surface area contributed by atoms with Gasteiger partial charge in [0, 0.05) is 12.3 Å². The lowest BCUT2D eigenvalue weighted by atomic mass is 10.2. The van der Waals surface area contributed by atoms with Crippen LogP contribution in [-0.4, -0.2) is 22.5 Å². The van der Waals surface area contributed by atoms with Crippen molar-refractivity contribution in [2.24, 2.45) is 4.99 Å². The number of rotatable bonds is 5. The van der Waals surface area contributed by atoms with E-state index in [0.717, 1.165) is 28.9 Å². The van der Waals surface area contributed by atoms with E-state index < -0.39 is 11.7 Å². The molecule has 0 atom stereocenters. The van der Waals surface area contributed by atoms with Crippen molar-refractivity contribution < 1.29 is 9.18 Å². The average molecular weight is 375 g/mol. The monoisotopic (exact) mass is 374 g/mol. The first-order chi connectivity index (χ1) is 12.1. The second kappa shape index (κ2) is 7.97.